The summed E-state index contributed by atoms with van der Waals surface area (Å²) in [6.07, 6.45) is 0. The number of phenols is 1. The Morgan fingerprint density at radius 2 is 1.80 bits per heavy atom. The maximum atomic E-state index is 11.1. The molecule has 1 aromatic heterocycles. The van der Waals surface area contributed by atoms with Crippen LogP contribution in [0.25, 0.3) is 11.3 Å². The van der Waals surface area contributed by atoms with Crippen LogP contribution < -0.4 is 5.56 Å². The topological polar surface area (TPSA) is 55.1 Å². The Labute approximate surface area is 86.4 Å². The van der Waals surface area contributed by atoms with Crippen molar-refractivity contribution >= 4 is 0 Å². The molecule has 0 saturated carbocycles. The van der Waals surface area contributed by atoms with Crippen molar-refractivity contribution in [3.63, 3.8) is 0 Å². The SMILES string of the molecule is Cn1nc(-c2ccc(O)cc2)ccc1=O. The molecule has 0 radical (unpaired) electrons. The van der Waals surface area contributed by atoms with E-state index in [1.165, 1.54) is 10.7 Å². The molecule has 0 aliphatic heterocycles. The monoisotopic (exact) mass is 202 g/mol. The van der Waals surface area contributed by atoms with Gasteiger partial charge in [-0.3, -0.25) is 4.79 Å². The van der Waals surface area contributed by atoms with Crippen LogP contribution in [0.4, 0.5) is 0 Å². The fourth-order valence-electron chi connectivity index (χ4n) is 1.29. The Bertz CT molecular complexity index is 529. The number of aromatic nitrogens is 2. The minimum absolute atomic E-state index is 0.141. The maximum Gasteiger partial charge on any atom is 0.266 e. The predicted octanol–water partition coefficient (Wildman–Crippen LogP) is 1.15. The highest BCUT2D eigenvalue weighted by Crippen LogP contribution is 2.18. The third-order valence-corrected chi connectivity index (χ3v) is 2.12. The van der Waals surface area contributed by atoms with Gasteiger partial charge in [-0.1, -0.05) is 0 Å². The van der Waals surface area contributed by atoms with E-state index in [9.17, 15) is 4.79 Å². The van der Waals surface area contributed by atoms with Crippen molar-refractivity contribution in [3.8, 4) is 17.0 Å². The molecule has 4 heteroatoms. The lowest BCUT2D eigenvalue weighted by atomic mass is 10.1. The Morgan fingerprint density at radius 3 is 2.40 bits per heavy atom. The third kappa shape index (κ3) is 1.88. The predicted molar refractivity (Wildman–Crippen MR) is 56.6 cm³/mol. The van der Waals surface area contributed by atoms with Gasteiger partial charge in [-0.05, 0) is 30.3 Å². The number of hydrogen-bond acceptors (Lipinski definition) is 3. The standard InChI is InChI=1S/C11H10N2O2/c1-13-11(15)7-6-10(12-13)8-2-4-9(14)5-3-8/h2-7,14H,1H3. The second kappa shape index (κ2) is 3.57. The zero-order chi connectivity index (χ0) is 10.8. The first-order valence-corrected chi connectivity index (χ1v) is 4.50. The number of phenolic OH excluding ortho intramolecular Hbond substituents is 1. The molecule has 0 saturated heterocycles. The molecule has 15 heavy (non-hydrogen) atoms. The van der Waals surface area contributed by atoms with Gasteiger partial charge < -0.3 is 5.11 Å². The molecule has 0 unspecified atom stereocenters. The van der Waals surface area contributed by atoms with E-state index in [0.29, 0.717) is 5.69 Å². The van der Waals surface area contributed by atoms with Crippen molar-refractivity contribution in [2.24, 2.45) is 7.05 Å². The Morgan fingerprint density at radius 1 is 1.13 bits per heavy atom. The molecule has 0 spiro atoms. The summed E-state index contributed by atoms with van der Waals surface area (Å²) in [6, 6.07) is 9.80. The quantitative estimate of drug-likeness (QED) is 0.754. The van der Waals surface area contributed by atoms with Crippen LogP contribution in [0.3, 0.4) is 0 Å². The molecule has 1 N–H and O–H groups in total. The summed E-state index contributed by atoms with van der Waals surface area (Å²) < 4.78 is 1.28. The van der Waals surface area contributed by atoms with Crippen LogP contribution in [0.15, 0.2) is 41.2 Å². The second-order valence-electron chi connectivity index (χ2n) is 3.23. The lowest BCUT2D eigenvalue weighted by Crippen LogP contribution is -2.18. The normalized spacial score (nSPS) is 10.2. The van der Waals surface area contributed by atoms with Gasteiger partial charge in [0.1, 0.15) is 5.75 Å². The van der Waals surface area contributed by atoms with Crippen molar-refractivity contribution in [1.82, 2.24) is 9.78 Å². The molecule has 76 valence electrons. The van der Waals surface area contributed by atoms with Crippen molar-refractivity contribution in [2.45, 2.75) is 0 Å². The van der Waals surface area contributed by atoms with Gasteiger partial charge in [-0.2, -0.15) is 5.10 Å². The van der Waals surface area contributed by atoms with Gasteiger partial charge in [-0.15, -0.1) is 0 Å². The molecular weight excluding hydrogens is 192 g/mol. The summed E-state index contributed by atoms with van der Waals surface area (Å²) in [4.78, 5) is 11.1. The molecule has 0 bridgehead atoms. The molecule has 0 amide bonds. The van der Waals surface area contributed by atoms with E-state index < -0.39 is 0 Å². The van der Waals surface area contributed by atoms with Crippen LogP contribution in [0.2, 0.25) is 0 Å². The molecule has 0 aliphatic carbocycles. The summed E-state index contributed by atoms with van der Waals surface area (Å²) in [5, 5.41) is 13.2. The second-order valence-corrected chi connectivity index (χ2v) is 3.23. The molecule has 2 rings (SSSR count). The highest BCUT2D eigenvalue weighted by Gasteiger charge is 2.00. The molecule has 0 aliphatic rings. The van der Waals surface area contributed by atoms with Crippen LogP contribution in [0.5, 0.6) is 5.75 Å². The van der Waals surface area contributed by atoms with E-state index in [-0.39, 0.29) is 11.3 Å². The molecule has 0 atom stereocenters. The number of nitrogens with zero attached hydrogens (tertiary/aromatic N) is 2. The van der Waals surface area contributed by atoms with Gasteiger partial charge in [-0.25, -0.2) is 4.68 Å². The van der Waals surface area contributed by atoms with Crippen molar-refractivity contribution in [1.29, 1.82) is 0 Å². The molecular formula is C11H10N2O2. The molecule has 4 nitrogen and oxygen atoms in total. The van der Waals surface area contributed by atoms with Crippen LogP contribution in [0, 0.1) is 0 Å². The fourth-order valence-corrected chi connectivity index (χ4v) is 1.29. The number of aromatic hydroxyl groups is 1. The minimum Gasteiger partial charge on any atom is -0.508 e. The first kappa shape index (κ1) is 9.45. The zero-order valence-corrected chi connectivity index (χ0v) is 8.21. The van der Waals surface area contributed by atoms with Gasteiger partial charge in [0.2, 0.25) is 0 Å². The van der Waals surface area contributed by atoms with Crippen LogP contribution >= 0.6 is 0 Å². The van der Waals surface area contributed by atoms with Crippen LogP contribution in [-0.4, -0.2) is 14.9 Å². The van der Waals surface area contributed by atoms with Gasteiger partial charge in [0.25, 0.3) is 5.56 Å². The maximum absolute atomic E-state index is 11.1. The molecule has 1 heterocycles. The van der Waals surface area contributed by atoms with Crippen molar-refractivity contribution in [3.05, 3.63) is 46.8 Å². The summed E-state index contributed by atoms with van der Waals surface area (Å²) in [5.41, 5.74) is 1.43. The lowest BCUT2D eigenvalue weighted by Gasteiger charge is -2.02. The summed E-state index contributed by atoms with van der Waals surface area (Å²) in [5.74, 6) is 0.212. The molecule has 2 aromatic rings. The van der Waals surface area contributed by atoms with Gasteiger partial charge in [0.05, 0.1) is 5.69 Å². The number of rotatable bonds is 1. The Balaban J connectivity index is 2.50. The average Bonchev–Trinajstić information content (AvgIpc) is 2.23. The highest BCUT2D eigenvalue weighted by atomic mass is 16.3. The Kier molecular flexibility index (Phi) is 2.25. The first-order chi connectivity index (χ1) is 7.16. The fraction of sp³-hybridized carbons (Fsp3) is 0.0909. The third-order valence-electron chi connectivity index (χ3n) is 2.12. The minimum atomic E-state index is -0.141. The average molecular weight is 202 g/mol. The number of benzene rings is 1. The lowest BCUT2D eigenvalue weighted by molar-refractivity contribution is 0.475. The van der Waals surface area contributed by atoms with Gasteiger partial charge in [0, 0.05) is 18.7 Å². The highest BCUT2D eigenvalue weighted by molar-refractivity contribution is 5.59. The summed E-state index contributed by atoms with van der Waals surface area (Å²) in [6.45, 7) is 0. The van der Waals surface area contributed by atoms with E-state index in [2.05, 4.69) is 5.10 Å². The largest absolute Gasteiger partial charge is 0.508 e. The van der Waals surface area contributed by atoms with E-state index in [1.54, 1.807) is 37.4 Å². The molecule has 1 aromatic carbocycles. The van der Waals surface area contributed by atoms with Crippen molar-refractivity contribution < 1.29 is 5.11 Å². The molecule has 0 fully saturated rings. The summed E-state index contributed by atoms with van der Waals surface area (Å²) in [7, 11) is 1.60. The van der Waals surface area contributed by atoms with Crippen LogP contribution in [-0.2, 0) is 7.05 Å². The van der Waals surface area contributed by atoms with Crippen molar-refractivity contribution in [2.75, 3.05) is 0 Å². The van der Waals surface area contributed by atoms with E-state index in [4.69, 9.17) is 5.11 Å². The van der Waals surface area contributed by atoms with Crippen LogP contribution in [0.1, 0.15) is 0 Å². The van der Waals surface area contributed by atoms with Gasteiger partial charge >= 0.3 is 0 Å². The summed E-state index contributed by atoms with van der Waals surface area (Å²) >= 11 is 0. The number of aryl methyl sites for hydroxylation is 1. The van der Waals surface area contributed by atoms with E-state index >= 15 is 0 Å². The number of hydrogen-bond donors (Lipinski definition) is 1. The van der Waals surface area contributed by atoms with E-state index in [0.717, 1.165) is 5.56 Å². The first-order valence-electron chi connectivity index (χ1n) is 4.50. The zero-order valence-electron chi connectivity index (χ0n) is 8.21. The van der Waals surface area contributed by atoms with E-state index in [1.807, 2.05) is 0 Å². The van der Waals surface area contributed by atoms with Gasteiger partial charge in [0.15, 0.2) is 0 Å². The Hall–Kier alpha value is -2.10. The smallest absolute Gasteiger partial charge is 0.266 e.